The maximum Gasteiger partial charge on any atom is 0.159 e. The Labute approximate surface area is 328 Å². The Morgan fingerprint density at radius 1 is 0.836 bits per heavy atom. The van der Waals surface area contributed by atoms with E-state index in [1.807, 2.05) is 31.2 Å². The number of benzene rings is 1. The summed E-state index contributed by atoms with van der Waals surface area (Å²) in [5.41, 5.74) is -1.10. The van der Waals surface area contributed by atoms with E-state index in [9.17, 15) is 20.1 Å². The number of rotatable bonds is 2. The number of aliphatic hydroxyl groups is 3. The molecule has 0 radical (unpaired) electrons. The Balaban J connectivity index is 1.27. The average molecular weight is 751 g/mol. The predicted octanol–water partition coefficient (Wildman–Crippen LogP) is 6.78. The molecule has 1 saturated heterocycles. The summed E-state index contributed by atoms with van der Waals surface area (Å²) in [6.07, 6.45) is 9.16. The Bertz CT molecular complexity index is 1790. The number of ether oxygens (including phenoxy) is 3. The van der Waals surface area contributed by atoms with E-state index in [1.165, 1.54) is 6.42 Å². The van der Waals surface area contributed by atoms with E-state index in [0.717, 1.165) is 56.1 Å². The third-order valence-electron chi connectivity index (χ3n) is 17.2. The molecule has 4 saturated carbocycles. The van der Waals surface area contributed by atoms with Gasteiger partial charge in [-0.15, -0.1) is 5.92 Å². The SMILES string of the molecule is CC1C(C)C2OC1C(O)C#CCC1CC3C4=CC(=O)C5CC(CCC53C)OCC(c3ccccc3)C#CCOC43CCC(C(C)(O)C2O)C13C1CCCCC1. The first-order valence-electron chi connectivity index (χ1n) is 21.7. The molecular weight excluding hydrogens is 689 g/mol. The van der Waals surface area contributed by atoms with Crippen LogP contribution < -0.4 is 0 Å². The molecule has 3 N–H and O–H groups in total. The smallest absolute Gasteiger partial charge is 0.159 e. The molecule has 16 atom stereocenters. The quantitative estimate of drug-likeness (QED) is 0.287. The van der Waals surface area contributed by atoms with Crippen LogP contribution >= 0.6 is 0 Å². The molecule has 296 valence electrons. The van der Waals surface area contributed by atoms with Gasteiger partial charge in [0.25, 0.3) is 0 Å². The van der Waals surface area contributed by atoms with Gasteiger partial charge in [-0.3, -0.25) is 4.79 Å². The summed E-state index contributed by atoms with van der Waals surface area (Å²) in [7, 11) is 0. The monoisotopic (exact) mass is 750 g/mol. The lowest BCUT2D eigenvalue weighted by Crippen LogP contribution is -2.70. The lowest BCUT2D eigenvalue weighted by molar-refractivity contribution is -0.244. The van der Waals surface area contributed by atoms with Gasteiger partial charge in [0.2, 0.25) is 0 Å². The van der Waals surface area contributed by atoms with Gasteiger partial charge in [0.15, 0.2) is 5.78 Å². The molecular formula is C48H62O7. The van der Waals surface area contributed by atoms with Crippen LogP contribution in [0.3, 0.4) is 0 Å². The fourth-order valence-electron chi connectivity index (χ4n) is 14.3. The van der Waals surface area contributed by atoms with Crippen LogP contribution in [0, 0.1) is 75.9 Å². The lowest BCUT2D eigenvalue weighted by Gasteiger charge is -2.67. The molecule has 10 aliphatic rings. The fourth-order valence-corrected chi connectivity index (χ4v) is 14.3. The molecule has 1 aromatic carbocycles. The zero-order valence-electron chi connectivity index (χ0n) is 33.3. The average Bonchev–Trinajstić information content (AvgIpc) is 3.70. The molecule has 0 aromatic heterocycles. The molecule has 5 fully saturated rings. The van der Waals surface area contributed by atoms with E-state index in [4.69, 9.17) is 14.2 Å². The minimum atomic E-state index is -1.54. The normalized spacial score (nSPS) is 49.6. The number of ketones is 1. The van der Waals surface area contributed by atoms with Gasteiger partial charge in [-0.1, -0.05) is 88.1 Å². The Morgan fingerprint density at radius 2 is 1.60 bits per heavy atom. The van der Waals surface area contributed by atoms with Crippen molar-refractivity contribution in [1.29, 1.82) is 0 Å². The zero-order valence-corrected chi connectivity index (χ0v) is 33.3. The summed E-state index contributed by atoms with van der Waals surface area (Å²) < 4.78 is 20.8. The maximum atomic E-state index is 14.8. The van der Waals surface area contributed by atoms with Crippen molar-refractivity contribution in [2.75, 3.05) is 13.2 Å². The Morgan fingerprint density at radius 3 is 2.38 bits per heavy atom. The third kappa shape index (κ3) is 5.65. The van der Waals surface area contributed by atoms with Gasteiger partial charge in [-0.25, -0.2) is 0 Å². The number of hydrogen-bond acceptors (Lipinski definition) is 7. The van der Waals surface area contributed by atoms with E-state index < -0.39 is 41.0 Å². The van der Waals surface area contributed by atoms with E-state index >= 15 is 0 Å². The van der Waals surface area contributed by atoms with Crippen molar-refractivity contribution in [3.8, 4) is 23.7 Å². The number of allylic oxidation sites excluding steroid dienone is 1. The molecule has 16 unspecified atom stereocenters. The van der Waals surface area contributed by atoms with Gasteiger partial charge < -0.3 is 29.5 Å². The molecule has 1 spiro atoms. The zero-order chi connectivity index (χ0) is 38.3. The van der Waals surface area contributed by atoms with Crippen LogP contribution in [0.25, 0.3) is 0 Å². The van der Waals surface area contributed by atoms with Crippen molar-refractivity contribution >= 4 is 5.78 Å². The molecule has 7 nitrogen and oxygen atoms in total. The summed E-state index contributed by atoms with van der Waals surface area (Å²) in [6, 6.07) is 10.4. The summed E-state index contributed by atoms with van der Waals surface area (Å²) >= 11 is 0. The third-order valence-corrected chi connectivity index (χ3v) is 17.2. The predicted molar refractivity (Wildman–Crippen MR) is 209 cm³/mol. The summed E-state index contributed by atoms with van der Waals surface area (Å²) in [6.45, 7) is 8.99. The van der Waals surface area contributed by atoms with E-state index in [2.05, 4.69) is 56.6 Å². The van der Waals surface area contributed by atoms with Crippen molar-refractivity contribution < 1.29 is 34.3 Å². The largest absolute Gasteiger partial charge is 0.387 e. The van der Waals surface area contributed by atoms with Crippen molar-refractivity contribution in [2.45, 2.75) is 152 Å². The second-order valence-corrected chi connectivity index (χ2v) is 19.5. The molecule has 55 heavy (non-hydrogen) atoms. The van der Waals surface area contributed by atoms with E-state index in [-0.39, 0.29) is 71.3 Å². The van der Waals surface area contributed by atoms with Crippen molar-refractivity contribution in [1.82, 2.24) is 0 Å². The summed E-state index contributed by atoms with van der Waals surface area (Å²) in [4.78, 5) is 14.8. The second-order valence-electron chi connectivity index (χ2n) is 19.5. The van der Waals surface area contributed by atoms with Crippen LogP contribution in [-0.4, -0.2) is 76.0 Å². The molecule has 0 amide bonds. The summed E-state index contributed by atoms with van der Waals surface area (Å²) in [5.74, 6) is 13.6. The summed E-state index contributed by atoms with van der Waals surface area (Å²) in [5, 5.41) is 37.3. The van der Waals surface area contributed by atoms with Crippen LogP contribution in [0.4, 0.5) is 0 Å². The second kappa shape index (κ2) is 14.1. The minimum absolute atomic E-state index is 0.00781. The van der Waals surface area contributed by atoms with Crippen LogP contribution in [-0.2, 0) is 19.0 Å². The van der Waals surface area contributed by atoms with Crippen molar-refractivity contribution in [2.24, 2.45) is 52.3 Å². The van der Waals surface area contributed by atoms with Crippen LogP contribution in [0.5, 0.6) is 0 Å². The number of aliphatic hydroxyl groups excluding tert-OH is 2. The molecule has 5 heterocycles. The van der Waals surface area contributed by atoms with Gasteiger partial charge >= 0.3 is 0 Å². The molecule has 5 aliphatic carbocycles. The van der Waals surface area contributed by atoms with Crippen LogP contribution in [0.2, 0.25) is 0 Å². The highest BCUT2D eigenvalue weighted by molar-refractivity contribution is 5.95. The number of fused-ring (bicyclic) bond motifs is 4. The van der Waals surface area contributed by atoms with Gasteiger partial charge in [-0.05, 0) is 116 Å². The van der Waals surface area contributed by atoms with E-state index in [0.29, 0.717) is 32.3 Å². The highest BCUT2D eigenvalue weighted by Gasteiger charge is 2.76. The first-order chi connectivity index (χ1) is 26.4. The van der Waals surface area contributed by atoms with E-state index in [1.54, 1.807) is 0 Å². The Hall–Kier alpha value is -2.49. The highest BCUT2D eigenvalue weighted by atomic mass is 16.5. The van der Waals surface area contributed by atoms with Gasteiger partial charge in [0, 0.05) is 17.8 Å². The van der Waals surface area contributed by atoms with Crippen LogP contribution in [0.15, 0.2) is 42.0 Å². The van der Waals surface area contributed by atoms with Crippen molar-refractivity contribution in [3.05, 3.63) is 47.5 Å². The first-order valence-corrected chi connectivity index (χ1v) is 21.7. The van der Waals surface area contributed by atoms with Gasteiger partial charge in [-0.2, -0.15) is 0 Å². The molecule has 1 aromatic rings. The lowest BCUT2D eigenvalue weighted by atomic mass is 9.39. The number of carbonyl (C=O) groups is 1. The number of hydrogen-bond donors (Lipinski definition) is 3. The fraction of sp³-hybridized carbons (Fsp3) is 0.729. The molecule has 8 bridgehead atoms. The van der Waals surface area contributed by atoms with Crippen LogP contribution in [0.1, 0.15) is 116 Å². The van der Waals surface area contributed by atoms with Gasteiger partial charge in [0.05, 0.1) is 42.0 Å². The minimum Gasteiger partial charge on any atom is -0.387 e. The molecule has 11 rings (SSSR count). The van der Waals surface area contributed by atoms with Gasteiger partial charge in [0.1, 0.15) is 18.8 Å². The topological polar surface area (TPSA) is 105 Å². The highest BCUT2D eigenvalue weighted by Crippen LogP contribution is 2.75. The van der Waals surface area contributed by atoms with Crippen molar-refractivity contribution in [3.63, 3.8) is 0 Å². The number of carbonyl (C=O) groups excluding carboxylic acids is 1. The Kier molecular flexibility index (Phi) is 9.76. The first kappa shape index (κ1) is 38.1. The molecule has 5 aliphatic heterocycles. The standard InChI is InChI=1S/C48H62O7/c1-29-30(2)43-44(51)46(4,52)41-21-23-47-37-27-40(50)38-26-35(53-28-32(15-12-24-54-47)31-13-7-5-8-14-31)20-22-45(38,3)36(37)25-34(18-11-19-39(49)42(29)55-43)48(41,47)33-16-9-6-10-17-33/h5,7-8,13-14,27,29-30,32-36,38-39,41-44,49,51-52H,6,9-10,16-18,20-26,28H2,1-4H3. The molecule has 7 heteroatoms. The maximum absolute atomic E-state index is 14.8.